The maximum atomic E-state index is 11.9. The van der Waals surface area contributed by atoms with E-state index in [9.17, 15) is 4.79 Å². The van der Waals surface area contributed by atoms with Gasteiger partial charge in [-0.2, -0.15) is 0 Å². The van der Waals surface area contributed by atoms with E-state index < -0.39 is 0 Å². The van der Waals surface area contributed by atoms with Gasteiger partial charge in [0.15, 0.2) is 5.69 Å². The number of rotatable bonds is 6. The largest absolute Gasteiger partial charge is 0.369 e. The summed E-state index contributed by atoms with van der Waals surface area (Å²) in [5, 5.41) is 14.2. The lowest BCUT2D eigenvalue weighted by molar-refractivity contribution is 0.0932. The summed E-state index contributed by atoms with van der Waals surface area (Å²) >= 11 is 0. The first-order valence-electron chi connectivity index (χ1n) is 7.18. The number of hydrogen-bond donors (Lipinski definition) is 2. The van der Waals surface area contributed by atoms with Crippen LogP contribution in [0.25, 0.3) is 0 Å². The van der Waals surface area contributed by atoms with Crippen LogP contribution in [0.4, 0.5) is 5.82 Å². The molecule has 1 aromatic heterocycles. The molecule has 0 unspecified atom stereocenters. The van der Waals surface area contributed by atoms with Crippen LogP contribution in [0.1, 0.15) is 55.9 Å². The molecular weight excluding hydrogens is 240 g/mol. The van der Waals surface area contributed by atoms with Crippen LogP contribution in [-0.4, -0.2) is 28.7 Å². The fourth-order valence-corrected chi connectivity index (χ4v) is 2.27. The second-order valence-electron chi connectivity index (χ2n) is 5.04. The number of hydrogen-bond acceptors (Lipinski definition) is 4. The summed E-state index contributed by atoms with van der Waals surface area (Å²) in [6.07, 6.45) is 6.81. The van der Waals surface area contributed by atoms with Gasteiger partial charge in [-0.1, -0.05) is 26.2 Å². The first kappa shape index (κ1) is 13.8. The zero-order valence-electron chi connectivity index (χ0n) is 11.5. The summed E-state index contributed by atoms with van der Waals surface area (Å²) < 4.78 is 0. The van der Waals surface area contributed by atoms with Crippen LogP contribution >= 0.6 is 0 Å². The summed E-state index contributed by atoms with van der Waals surface area (Å²) in [5.74, 6) is 0.616. The third-order valence-electron chi connectivity index (χ3n) is 3.42. The van der Waals surface area contributed by atoms with Crippen LogP contribution in [0.5, 0.6) is 0 Å². The maximum absolute atomic E-state index is 11.9. The molecule has 2 rings (SSSR count). The zero-order chi connectivity index (χ0) is 13.5. The van der Waals surface area contributed by atoms with Crippen molar-refractivity contribution in [2.75, 3.05) is 11.9 Å². The number of anilines is 1. The average molecular weight is 262 g/mol. The van der Waals surface area contributed by atoms with Crippen molar-refractivity contribution in [1.82, 2.24) is 15.5 Å². The monoisotopic (exact) mass is 262 g/mol. The van der Waals surface area contributed by atoms with Crippen molar-refractivity contribution in [2.24, 2.45) is 0 Å². The Balaban J connectivity index is 1.84. The van der Waals surface area contributed by atoms with Crippen molar-refractivity contribution < 1.29 is 4.79 Å². The SMILES string of the molecule is CCCCNc1ccc(C(=O)NC2CCCC2)nn1. The van der Waals surface area contributed by atoms with Gasteiger partial charge in [0.25, 0.3) is 5.91 Å². The molecule has 5 nitrogen and oxygen atoms in total. The van der Waals surface area contributed by atoms with E-state index in [1.165, 1.54) is 12.8 Å². The van der Waals surface area contributed by atoms with Crippen molar-refractivity contribution in [3.05, 3.63) is 17.8 Å². The molecule has 2 N–H and O–H groups in total. The third kappa shape index (κ3) is 4.19. The molecule has 0 atom stereocenters. The van der Waals surface area contributed by atoms with Gasteiger partial charge in [0.2, 0.25) is 0 Å². The van der Waals surface area contributed by atoms with Crippen LogP contribution in [-0.2, 0) is 0 Å². The second-order valence-corrected chi connectivity index (χ2v) is 5.04. The number of carbonyl (C=O) groups is 1. The van der Waals surface area contributed by atoms with E-state index in [-0.39, 0.29) is 5.91 Å². The molecular formula is C14H22N4O. The third-order valence-corrected chi connectivity index (χ3v) is 3.42. The van der Waals surface area contributed by atoms with Crippen molar-refractivity contribution >= 4 is 11.7 Å². The maximum Gasteiger partial charge on any atom is 0.272 e. The van der Waals surface area contributed by atoms with Gasteiger partial charge in [0, 0.05) is 12.6 Å². The van der Waals surface area contributed by atoms with Crippen molar-refractivity contribution in [3.63, 3.8) is 0 Å². The minimum atomic E-state index is -0.112. The molecule has 1 heterocycles. The molecule has 1 aliphatic carbocycles. The van der Waals surface area contributed by atoms with E-state index >= 15 is 0 Å². The fraction of sp³-hybridized carbons (Fsp3) is 0.643. The van der Waals surface area contributed by atoms with Crippen molar-refractivity contribution in [3.8, 4) is 0 Å². The van der Waals surface area contributed by atoms with E-state index in [0.717, 1.165) is 38.0 Å². The number of carbonyl (C=O) groups excluding carboxylic acids is 1. The van der Waals surface area contributed by atoms with Crippen LogP contribution in [0, 0.1) is 0 Å². The minimum Gasteiger partial charge on any atom is -0.369 e. The van der Waals surface area contributed by atoms with E-state index in [2.05, 4.69) is 27.8 Å². The Morgan fingerprint density at radius 3 is 2.74 bits per heavy atom. The van der Waals surface area contributed by atoms with Crippen molar-refractivity contribution in [2.45, 2.75) is 51.5 Å². The van der Waals surface area contributed by atoms with Crippen molar-refractivity contribution in [1.29, 1.82) is 0 Å². The Hall–Kier alpha value is -1.65. The first-order chi connectivity index (χ1) is 9.29. The molecule has 5 heteroatoms. The topological polar surface area (TPSA) is 66.9 Å². The average Bonchev–Trinajstić information content (AvgIpc) is 2.93. The molecule has 104 valence electrons. The number of unbranched alkanes of at least 4 members (excludes halogenated alkanes) is 1. The molecule has 0 aliphatic heterocycles. The fourth-order valence-electron chi connectivity index (χ4n) is 2.27. The van der Waals surface area contributed by atoms with E-state index in [0.29, 0.717) is 11.7 Å². The number of aromatic nitrogens is 2. The predicted octanol–water partition coefficient (Wildman–Crippen LogP) is 2.36. The molecule has 1 aliphatic rings. The van der Waals surface area contributed by atoms with Crippen LogP contribution in [0.3, 0.4) is 0 Å². The molecule has 0 spiro atoms. The second kappa shape index (κ2) is 7.07. The van der Waals surface area contributed by atoms with Gasteiger partial charge in [-0.25, -0.2) is 0 Å². The highest BCUT2D eigenvalue weighted by molar-refractivity contribution is 5.92. The molecule has 0 bridgehead atoms. The number of amides is 1. The van der Waals surface area contributed by atoms with E-state index in [1.807, 2.05) is 6.07 Å². The molecule has 0 radical (unpaired) electrons. The normalized spacial score (nSPS) is 15.4. The Morgan fingerprint density at radius 2 is 2.11 bits per heavy atom. The van der Waals surface area contributed by atoms with E-state index in [1.54, 1.807) is 6.07 Å². The van der Waals surface area contributed by atoms with Crippen LogP contribution in [0.15, 0.2) is 12.1 Å². The lowest BCUT2D eigenvalue weighted by Gasteiger charge is -2.11. The summed E-state index contributed by atoms with van der Waals surface area (Å²) in [4.78, 5) is 11.9. The summed E-state index contributed by atoms with van der Waals surface area (Å²) in [7, 11) is 0. The first-order valence-corrected chi connectivity index (χ1v) is 7.18. The zero-order valence-corrected chi connectivity index (χ0v) is 11.5. The molecule has 1 saturated carbocycles. The molecule has 0 saturated heterocycles. The molecule has 0 aromatic carbocycles. The predicted molar refractivity (Wildman–Crippen MR) is 75.2 cm³/mol. The highest BCUT2D eigenvalue weighted by atomic mass is 16.2. The Bertz CT molecular complexity index is 398. The van der Waals surface area contributed by atoms with Gasteiger partial charge in [0.1, 0.15) is 5.82 Å². The Kier molecular flexibility index (Phi) is 5.12. The Morgan fingerprint density at radius 1 is 1.32 bits per heavy atom. The van der Waals surface area contributed by atoms with Gasteiger partial charge < -0.3 is 10.6 Å². The summed E-state index contributed by atoms with van der Waals surface area (Å²) in [5.41, 5.74) is 0.396. The lowest BCUT2D eigenvalue weighted by atomic mass is 10.2. The number of nitrogens with zero attached hydrogens (tertiary/aromatic N) is 2. The standard InChI is InChI=1S/C14H22N4O/c1-2-3-10-15-13-9-8-12(17-18-13)14(19)16-11-6-4-5-7-11/h8-9,11H,2-7,10H2,1H3,(H,15,18)(H,16,19). The quantitative estimate of drug-likeness (QED) is 0.772. The van der Waals surface area contributed by atoms with E-state index in [4.69, 9.17) is 0 Å². The van der Waals surface area contributed by atoms with Gasteiger partial charge in [-0.3, -0.25) is 4.79 Å². The van der Waals surface area contributed by atoms with Gasteiger partial charge in [0.05, 0.1) is 0 Å². The molecule has 19 heavy (non-hydrogen) atoms. The van der Waals surface area contributed by atoms with Gasteiger partial charge >= 0.3 is 0 Å². The summed E-state index contributed by atoms with van der Waals surface area (Å²) in [6.45, 7) is 3.03. The number of nitrogens with one attached hydrogen (secondary N) is 2. The lowest BCUT2D eigenvalue weighted by Crippen LogP contribution is -2.33. The highest BCUT2D eigenvalue weighted by Gasteiger charge is 2.18. The smallest absolute Gasteiger partial charge is 0.272 e. The molecule has 1 fully saturated rings. The van der Waals surface area contributed by atoms with Gasteiger partial charge in [-0.15, -0.1) is 10.2 Å². The molecule has 1 aromatic rings. The van der Waals surface area contributed by atoms with Crippen LogP contribution < -0.4 is 10.6 Å². The van der Waals surface area contributed by atoms with Crippen LogP contribution in [0.2, 0.25) is 0 Å². The Labute approximate surface area is 114 Å². The van der Waals surface area contributed by atoms with Gasteiger partial charge in [-0.05, 0) is 31.4 Å². The highest BCUT2D eigenvalue weighted by Crippen LogP contribution is 2.17. The molecule has 1 amide bonds. The summed E-state index contributed by atoms with van der Waals surface area (Å²) in [6, 6.07) is 3.86. The minimum absolute atomic E-state index is 0.112.